The number of nitrogens with two attached hydrogens (primary N) is 1. The molecule has 49 heavy (non-hydrogen) atoms. The lowest BCUT2D eigenvalue weighted by Crippen LogP contribution is -2.59. The molecule has 0 saturated carbocycles. The monoisotopic (exact) mass is 707 g/mol. The summed E-state index contributed by atoms with van der Waals surface area (Å²) in [7, 11) is 0. The maximum atomic E-state index is 13.5. The van der Waals surface area contributed by atoms with Crippen LogP contribution in [-0.2, 0) is 11.3 Å². The fraction of sp³-hybridized carbons (Fsp3) is 0.429. The number of aryl methyl sites for hydroxylation is 2. The van der Waals surface area contributed by atoms with Gasteiger partial charge in [-0.1, -0.05) is 149 Å². The molecule has 3 aromatic rings. The number of anilines is 1. The van der Waals surface area contributed by atoms with Crippen LogP contribution < -0.4 is 10.6 Å². The van der Waals surface area contributed by atoms with E-state index in [-0.39, 0.29) is 18.4 Å². The summed E-state index contributed by atoms with van der Waals surface area (Å²) in [4.78, 5) is 29.1. The fourth-order valence-electron chi connectivity index (χ4n) is 5.54. The predicted octanol–water partition coefficient (Wildman–Crippen LogP) is 12.2. The van der Waals surface area contributed by atoms with Crippen molar-refractivity contribution in [2.45, 2.75) is 100 Å². The first kappa shape index (κ1) is 43.5. The van der Waals surface area contributed by atoms with Crippen molar-refractivity contribution in [2.75, 3.05) is 18.0 Å². The first-order valence-electron chi connectivity index (χ1n) is 17.7. The summed E-state index contributed by atoms with van der Waals surface area (Å²) in [6.45, 7) is 17.8. The molecular weight excluding hydrogens is 649 g/mol. The molecule has 1 heterocycles. The van der Waals surface area contributed by atoms with Gasteiger partial charge in [-0.2, -0.15) is 0 Å². The van der Waals surface area contributed by atoms with E-state index in [2.05, 4.69) is 76.3 Å². The number of rotatable bonds is 11. The Morgan fingerprint density at radius 2 is 1.57 bits per heavy atom. The van der Waals surface area contributed by atoms with Gasteiger partial charge < -0.3 is 10.6 Å². The molecule has 0 bridgehead atoms. The topological polar surface area (TPSA) is 66.6 Å². The van der Waals surface area contributed by atoms with E-state index in [0.717, 1.165) is 48.9 Å². The number of unbranched alkanes of at least 4 members (excludes halogenated alkanes) is 1. The van der Waals surface area contributed by atoms with Gasteiger partial charge in [-0.25, -0.2) is 4.79 Å². The van der Waals surface area contributed by atoms with Crippen molar-refractivity contribution < 1.29 is 9.59 Å². The van der Waals surface area contributed by atoms with E-state index in [1.807, 2.05) is 58.0 Å². The average Bonchev–Trinajstić information content (AvgIpc) is 3.08. The van der Waals surface area contributed by atoms with Crippen molar-refractivity contribution in [2.24, 2.45) is 11.1 Å². The van der Waals surface area contributed by atoms with Crippen LogP contribution in [0.15, 0.2) is 85.0 Å². The second kappa shape index (κ2) is 23.8. The van der Waals surface area contributed by atoms with Gasteiger partial charge in [0.15, 0.2) is 0 Å². The Kier molecular flexibility index (Phi) is 21.1. The van der Waals surface area contributed by atoms with Crippen molar-refractivity contribution in [1.29, 1.82) is 0 Å². The number of primary amides is 1. The summed E-state index contributed by atoms with van der Waals surface area (Å²) >= 11 is 12.4. The molecule has 1 aliphatic heterocycles. The molecular formula is C42H59Cl2N3O2. The highest BCUT2D eigenvalue weighted by molar-refractivity contribution is 6.35. The third kappa shape index (κ3) is 15.7. The second-order valence-electron chi connectivity index (χ2n) is 12.2. The molecule has 1 aliphatic rings. The molecule has 1 fully saturated rings. The average molecular weight is 709 g/mol. The van der Waals surface area contributed by atoms with Crippen LogP contribution >= 0.6 is 23.2 Å². The Balaban J connectivity index is 0.000000548. The van der Waals surface area contributed by atoms with Gasteiger partial charge >= 0.3 is 6.03 Å². The Morgan fingerprint density at radius 3 is 2.10 bits per heavy atom. The standard InChI is InChI=1S/C24H29Cl2N3O2.C11H14.C5H10.C2H6/c1-3-4-11-24(13-22(27)30)15-28(14-18-7-8-19(25)12-21(18)26)23(31)29(16-24)20-9-5-17(2)6-10-20;1-3-4-7-11-8-5-6-10(2)9-11;1-3-5-4-2;1-2/h5-10,12H,3-4,11,13-16H2,1-2H3,(H2,27,30);4-9H,3H2,1-2H3;3,5H,4H2,1-2H3;1-2H3/b;7-4+;5-3-;. The number of hydrogen-bond acceptors (Lipinski definition) is 2. The van der Waals surface area contributed by atoms with Gasteiger partial charge in [-0.15, -0.1) is 0 Å². The molecule has 1 saturated heterocycles. The summed E-state index contributed by atoms with van der Waals surface area (Å²) in [5, 5.41) is 1.06. The quantitative estimate of drug-likeness (QED) is 0.202. The van der Waals surface area contributed by atoms with Gasteiger partial charge in [0.05, 0.1) is 0 Å². The summed E-state index contributed by atoms with van der Waals surface area (Å²) in [5.41, 5.74) is 10.6. The lowest BCUT2D eigenvalue weighted by molar-refractivity contribution is -0.120. The number of halogens is 2. The molecule has 0 radical (unpaired) electrons. The minimum Gasteiger partial charge on any atom is -0.370 e. The van der Waals surface area contributed by atoms with Crippen molar-refractivity contribution >= 4 is 46.9 Å². The van der Waals surface area contributed by atoms with E-state index in [1.54, 1.807) is 21.9 Å². The summed E-state index contributed by atoms with van der Waals surface area (Å²) in [6, 6.07) is 21.6. The van der Waals surface area contributed by atoms with Crippen LogP contribution in [0.4, 0.5) is 10.5 Å². The number of benzene rings is 3. The van der Waals surface area contributed by atoms with Crippen LogP contribution in [0.25, 0.3) is 6.08 Å². The van der Waals surface area contributed by atoms with Crippen molar-refractivity contribution in [1.82, 2.24) is 4.90 Å². The van der Waals surface area contributed by atoms with E-state index >= 15 is 0 Å². The zero-order valence-electron chi connectivity index (χ0n) is 31.1. The first-order valence-corrected chi connectivity index (χ1v) is 18.4. The summed E-state index contributed by atoms with van der Waals surface area (Å²) in [6.07, 6.45) is 13.8. The fourth-order valence-corrected chi connectivity index (χ4v) is 6.01. The molecule has 1 unspecified atom stereocenters. The van der Waals surface area contributed by atoms with Gasteiger partial charge in [-0.05, 0) is 75.4 Å². The van der Waals surface area contributed by atoms with E-state index in [9.17, 15) is 9.59 Å². The van der Waals surface area contributed by atoms with Crippen LogP contribution in [0.3, 0.4) is 0 Å². The third-order valence-electron chi connectivity index (χ3n) is 7.91. The van der Waals surface area contributed by atoms with E-state index in [0.29, 0.717) is 29.7 Å². The molecule has 5 nitrogen and oxygen atoms in total. The molecule has 3 amide bonds. The number of nitrogens with zero attached hydrogens (tertiary/aromatic N) is 2. The van der Waals surface area contributed by atoms with Gasteiger partial charge in [0.25, 0.3) is 0 Å². The summed E-state index contributed by atoms with van der Waals surface area (Å²) in [5.74, 6) is -0.348. The number of hydrogen-bond donors (Lipinski definition) is 1. The third-order valence-corrected chi connectivity index (χ3v) is 8.50. The number of amides is 3. The van der Waals surface area contributed by atoms with Crippen LogP contribution in [0.5, 0.6) is 0 Å². The lowest BCUT2D eigenvalue weighted by atomic mass is 9.76. The number of carbonyl (C=O) groups is 2. The number of allylic oxidation sites excluding steroid dienone is 3. The maximum Gasteiger partial charge on any atom is 0.324 e. The molecule has 0 aromatic heterocycles. The highest BCUT2D eigenvalue weighted by Crippen LogP contribution is 2.38. The normalized spacial score (nSPS) is 15.6. The molecule has 1 atom stereocenters. The van der Waals surface area contributed by atoms with Crippen LogP contribution in [0.1, 0.15) is 102 Å². The predicted molar refractivity (Wildman–Crippen MR) is 214 cm³/mol. The SMILES string of the molecule is C/C=C\CC.CC.CC/C=C/c1cccc(C)c1.CCCCC1(CC(N)=O)CN(Cc2ccc(Cl)cc2Cl)C(=O)N(c2ccc(C)cc2)C1. The van der Waals surface area contributed by atoms with E-state index in [1.165, 1.54) is 11.1 Å². The Morgan fingerprint density at radius 1 is 0.898 bits per heavy atom. The van der Waals surface area contributed by atoms with Gasteiger partial charge in [0, 0.05) is 47.2 Å². The highest BCUT2D eigenvalue weighted by atomic mass is 35.5. The molecule has 7 heteroatoms. The second-order valence-corrected chi connectivity index (χ2v) is 13.1. The van der Waals surface area contributed by atoms with E-state index < -0.39 is 5.41 Å². The summed E-state index contributed by atoms with van der Waals surface area (Å²) < 4.78 is 0. The Hall–Kier alpha value is -3.54. The molecule has 268 valence electrons. The lowest BCUT2D eigenvalue weighted by Gasteiger charge is -2.47. The molecule has 0 aliphatic carbocycles. The van der Waals surface area contributed by atoms with Gasteiger partial charge in [0.2, 0.25) is 5.91 Å². The van der Waals surface area contributed by atoms with Crippen molar-refractivity contribution in [3.63, 3.8) is 0 Å². The van der Waals surface area contributed by atoms with Crippen LogP contribution in [-0.4, -0.2) is 29.9 Å². The van der Waals surface area contributed by atoms with Gasteiger partial charge in [0.1, 0.15) is 0 Å². The molecule has 4 rings (SSSR count). The first-order chi connectivity index (χ1) is 23.5. The zero-order chi connectivity index (χ0) is 36.8. The van der Waals surface area contributed by atoms with Crippen LogP contribution in [0.2, 0.25) is 10.0 Å². The molecule has 0 spiro atoms. The highest BCUT2D eigenvalue weighted by Gasteiger charge is 2.44. The number of carbonyl (C=O) groups excluding carboxylic acids is 2. The maximum absolute atomic E-state index is 13.5. The van der Waals surface area contributed by atoms with Crippen molar-refractivity contribution in [3.05, 3.63) is 117 Å². The van der Waals surface area contributed by atoms with Crippen molar-refractivity contribution in [3.8, 4) is 0 Å². The molecule has 3 aromatic carbocycles. The van der Waals surface area contributed by atoms with Gasteiger partial charge in [-0.3, -0.25) is 9.69 Å². The number of urea groups is 1. The largest absolute Gasteiger partial charge is 0.370 e. The van der Waals surface area contributed by atoms with Crippen LogP contribution in [0, 0.1) is 19.3 Å². The zero-order valence-corrected chi connectivity index (χ0v) is 32.6. The Bertz CT molecular complexity index is 1470. The molecule has 2 N–H and O–H groups in total. The Labute approximate surface area is 307 Å². The minimum absolute atomic E-state index is 0.105. The van der Waals surface area contributed by atoms with E-state index in [4.69, 9.17) is 28.9 Å². The smallest absolute Gasteiger partial charge is 0.324 e. The minimum atomic E-state index is -0.417.